The van der Waals surface area contributed by atoms with Crippen LogP contribution in [0.4, 0.5) is 10.7 Å². The Balaban J connectivity index is 2.18. The fourth-order valence-corrected chi connectivity index (χ4v) is 3.71. The lowest BCUT2D eigenvalue weighted by Gasteiger charge is -2.08. The molecule has 0 atom stereocenters. The molecule has 31 heavy (non-hydrogen) atoms. The lowest BCUT2D eigenvalue weighted by molar-refractivity contribution is -0.385. The second kappa shape index (κ2) is 10.5. The predicted octanol–water partition coefficient (Wildman–Crippen LogP) is 2.55. The van der Waals surface area contributed by atoms with Gasteiger partial charge in [0.25, 0.3) is 0 Å². The number of nitro groups is 1. The van der Waals surface area contributed by atoms with Crippen molar-refractivity contribution in [3.63, 3.8) is 0 Å². The molecule has 168 valence electrons. The molecule has 12 nitrogen and oxygen atoms in total. The van der Waals surface area contributed by atoms with E-state index in [1.165, 1.54) is 18.9 Å². The number of thiophene rings is 1. The number of hydrogen-bond acceptors (Lipinski definition) is 10. The number of aryl methyl sites for hydroxylation is 1. The Labute approximate surface area is 181 Å². The Morgan fingerprint density at radius 1 is 1.29 bits per heavy atom. The molecule has 2 heterocycles. The number of amides is 1. The molecule has 0 spiro atoms. The highest BCUT2D eigenvalue weighted by molar-refractivity contribution is 7.18. The predicted molar refractivity (Wildman–Crippen MR) is 110 cm³/mol. The molecule has 0 aromatic carbocycles. The molecule has 0 bridgehead atoms. The molecule has 0 unspecified atom stereocenters. The molecule has 0 aliphatic heterocycles. The van der Waals surface area contributed by atoms with Gasteiger partial charge in [-0.3, -0.25) is 19.6 Å². The summed E-state index contributed by atoms with van der Waals surface area (Å²) in [6.07, 6.45) is 1.67. The fourth-order valence-electron chi connectivity index (χ4n) is 2.59. The zero-order valence-electron chi connectivity index (χ0n) is 17.4. The van der Waals surface area contributed by atoms with E-state index in [9.17, 15) is 24.5 Å². The van der Waals surface area contributed by atoms with E-state index in [0.29, 0.717) is 12.0 Å². The fraction of sp³-hybridized carbons (Fsp3) is 0.444. The van der Waals surface area contributed by atoms with Crippen LogP contribution in [-0.4, -0.2) is 53.4 Å². The molecule has 2 aromatic rings. The van der Waals surface area contributed by atoms with Crippen LogP contribution < -0.4 is 10.1 Å². The third-order valence-electron chi connectivity index (χ3n) is 4.08. The summed E-state index contributed by atoms with van der Waals surface area (Å²) in [6.45, 7) is 3.62. The van der Waals surface area contributed by atoms with Crippen molar-refractivity contribution in [2.24, 2.45) is 0 Å². The molecule has 1 amide bonds. The summed E-state index contributed by atoms with van der Waals surface area (Å²) >= 11 is 0.906. The van der Waals surface area contributed by atoms with Gasteiger partial charge in [0, 0.05) is 6.42 Å². The number of nitrogens with one attached hydrogen (secondary N) is 1. The van der Waals surface area contributed by atoms with Crippen molar-refractivity contribution in [1.82, 2.24) is 9.78 Å². The molecule has 0 aliphatic carbocycles. The van der Waals surface area contributed by atoms with Crippen LogP contribution in [0.2, 0.25) is 0 Å². The van der Waals surface area contributed by atoms with Crippen LogP contribution in [0.25, 0.3) is 0 Å². The van der Waals surface area contributed by atoms with Crippen LogP contribution in [0.5, 0.6) is 5.88 Å². The summed E-state index contributed by atoms with van der Waals surface area (Å²) in [5, 5.41) is 17.6. The highest BCUT2D eigenvalue weighted by Crippen LogP contribution is 2.34. The van der Waals surface area contributed by atoms with E-state index in [-0.39, 0.29) is 46.6 Å². The van der Waals surface area contributed by atoms with Crippen molar-refractivity contribution in [3.8, 4) is 5.88 Å². The normalized spacial score (nSPS) is 10.5. The van der Waals surface area contributed by atoms with Crippen molar-refractivity contribution in [1.29, 1.82) is 0 Å². The number of anilines is 1. The summed E-state index contributed by atoms with van der Waals surface area (Å²) < 4.78 is 15.9. The molecular formula is C18H22N4O8S. The maximum absolute atomic E-state index is 12.5. The summed E-state index contributed by atoms with van der Waals surface area (Å²) in [4.78, 5) is 47.4. The van der Waals surface area contributed by atoms with E-state index in [1.54, 1.807) is 6.92 Å². The number of carbonyl (C=O) groups is 3. The molecule has 1 N–H and O–H groups in total. The maximum atomic E-state index is 12.5. The first-order valence-electron chi connectivity index (χ1n) is 9.17. The highest BCUT2D eigenvalue weighted by Gasteiger charge is 2.27. The largest absolute Gasteiger partial charge is 0.475 e. The molecule has 2 rings (SSSR count). The number of aromatic nitrogens is 2. The van der Waals surface area contributed by atoms with Crippen molar-refractivity contribution in [2.45, 2.75) is 33.2 Å². The van der Waals surface area contributed by atoms with Crippen LogP contribution in [0.3, 0.4) is 0 Å². The lowest BCUT2D eigenvalue weighted by atomic mass is 10.1. The minimum Gasteiger partial charge on any atom is -0.475 e. The number of ether oxygens (including phenoxy) is 3. The molecule has 0 aliphatic rings. The van der Waals surface area contributed by atoms with Gasteiger partial charge < -0.3 is 19.5 Å². The first-order chi connectivity index (χ1) is 14.7. The van der Waals surface area contributed by atoms with Crippen LogP contribution in [0.1, 0.15) is 45.4 Å². The molecule has 2 aromatic heterocycles. The van der Waals surface area contributed by atoms with Crippen LogP contribution in [0.15, 0.2) is 6.20 Å². The van der Waals surface area contributed by atoms with Crippen molar-refractivity contribution >= 4 is 39.9 Å². The van der Waals surface area contributed by atoms with Gasteiger partial charge in [-0.25, -0.2) is 9.59 Å². The van der Waals surface area contributed by atoms with Gasteiger partial charge in [-0.15, -0.1) is 16.4 Å². The first kappa shape index (κ1) is 23.8. The molecule has 0 saturated carbocycles. The smallest absolute Gasteiger partial charge is 0.350 e. The van der Waals surface area contributed by atoms with Crippen LogP contribution >= 0.6 is 11.3 Å². The number of esters is 2. The van der Waals surface area contributed by atoms with Crippen LogP contribution in [0, 0.1) is 17.0 Å². The van der Waals surface area contributed by atoms with Gasteiger partial charge in [-0.05, 0) is 18.9 Å². The van der Waals surface area contributed by atoms with Crippen molar-refractivity contribution in [2.75, 3.05) is 26.1 Å². The number of carbonyl (C=O) groups excluding carboxylic acids is 3. The standard InChI is InChI=1S/C18H22N4O8S/c1-5-8-30-17(24)13-10(2)14(18(25)29-4)31-16(13)19-12(23)6-7-21-9-11(22(26)27)15(20-21)28-3/h9H,5-8H2,1-4H3,(H,19,23). The average Bonchev–Trinajstić information content (AvgIpc) is 3.31. The Morgan fingerprint density at radius 2 is 2.00 bits per heavy atom. The Morgan fingerprint density at radius 3 is 2.55 bits per heavy atom. The van der Waals surface area contributed by atoms with Gasteiger partial charge in [-0.2, -0.15) is 0 Å². The van der Waals surface area contributed by atoms with Gasteiger partial charge in [0.1, 0.15) is 16.1 Å². The third kappa shape index (κ3) is 5.57. The first-order valence-corrected chi connectivity index (χ1v) is 9.99. The minimum atomic E-state index is -0.659. The Hall–Kier alpha value is -3.48. The second-order valence-electron chi connectivity index (χ2n) is 6.23. The van der Waals surface area contributed by atoms with E-state index in [4.69, 9.17) is 14.2 Å². The Kier molecular flexibility index (Phi) is 8.07. The summed E-state index contributed by atoms with van der Waals surface area (Å²) in [5.41, 5.74) is 0.116. The van der Waals surface area contributed by atoms with Crippen molar-refractivity contribution in [3.05, 3.63) is 32.3 Å². The lowest BCUT2D eigenvalue weighted by Crippen LogP contribution is -2.17. The number of nitrogens with zero attached hydrogens (tertiary/aromatic N) is 3. The molecule has 0 saturated heterocycles. The third-order valence-corrected chi connectivity index (χ3v) is 5.27. The average molecular weight is 454 g/mol. The molecule has 0 fully saturated rings. The zero-order chi connectivity index (χ0) is 23.1. The number of hydrogen-bond donors (Lipinski definition) is 1. The maximum Gasteiger partial charge on any atom is 0.350 e. The van der Waals surface area contributed by atoms with Gasteiger partial charge >= 0.3 is 23.5 Å². The quantitative estimate of drug-likeness (QED) is 0.324. The van der Waals surface area contributed by atoms with Gasteiger partial charge in [0.05, 0.1) is 37.9 Å². The highest BCUT2D eigenvalue weighted by atomic mass is 32.1. The topological polar surface area (TPSA) is 152 Å². The van der Waals surface area contributed by atoms with Gasteiger partial charge in [0.2, 0.25) is 5.91 Å². The molecule has 0 radical (unpaired) electrons. The monoisotopic (exact) mass is 454 g/mol. The Bertz CT molecular complexity index is 997. The van der Waals surface area contributed by atoms with E-state index in [0.717, 1.165) is 17.5 Å². The number of methoxy groups -OCH3 is 2. The minimum absolute atomic E-state index is 0.0276. The molecular weight excluding hydrogens is 432 g/mol. The van der Waals surface area contributed by atoms with Gasteiger partial charge in [-0.1, -0.05) is 6.92 Å². The zero-order valence-corrected chi connectivity index (χ0v) is 18.2. The number of rotatable bonds is 10. The summed E-state index contributed by atoms with van der Waals surface area (Å²) in [5.74, 6) is -1.95. The SMILES string of the molecule is CCCOC(=O)c1c(NC(=O)CCn2cc([N+](=O)[O-])c(OC)n2)sc(C(=O)OC)c1C. The van der Waals surface area contributed by atoms with Crippen LogP contribution in [-0.2, 0) is 20.8 Å². The van der Waals surface area contributed by atoms with E-state index in [1.807, 2.05) is 6.92 Å². The van der Waals surface area contributed by atoms with E-state index < -0.39 is 22.8 Å². The van der Waals surface area contributed by atoms with Crippen molar-refractivity contribution < 1.29 is 33.5 Å². The summed E-state index contributed by atoms with van der Waals surface area (Å²) in [6, 6.07) is 0. The summed E-state index contributed by atoms with van der Waals surface area (Å²) in [7, 11) is 2.47. The van der Waals surface area contributed by atoms with E-state index >= 15 is 0 Å². The second-order valence-corrected chi connectivity index (χ2v) is 7.25. The van der Waals surface area contributed by atoms with Gasteiger partial charge in [0.15, 0.2) is 0 Å². The molecule has 13 heteroatoms. The van der Waals surface area contributed by atoms with E-state index in [2.05, 4.69) is 10.4 Å².